The van der Waals surface area contributed by atoms with Crippen molar-refractivity contribution in [2.45, 2.75) is 6.42 Å². The molecule has 0 saturated carbocycles. The molecular formula is C30H66N9O12+. The highest BCUT2D eigenvalue weighted by Crippen LogP contribution is 1.70. The number of carbonyl (C=O) groups is 2. The molecule has 0 saturated heterocycles. The van der Waals surface area contributed by atoms with E-state index in [0.717, 1.165) is 43.6 Å². The van der Waals surface area contributed by atoms with Crippen LogP contribution in [0, 0.1) is 0 Å². The Morgan fingerprint density at radius 2 is 1.20 bits per heavy atom. The number of aliphatic hydroxyl groups excluding tert-OH is 7. The minimum Gasteiger partial charge on any atom is -0.514 e. The monoisotopic (exact) mass is 744 g/mol. The first-order chi connectivity index (χ1) is 24.3. The standard InChI is InChI=1S/C4H11NO.2C4H9NO.C3H7NO2.2C3H5NO2.2C3H7NO.C3H6NO/c3*1-5(2)3-4-6;3*5-3-1-2-4-6;3*1-4-2-3-5/h6H,3-4H2,1-2H3;2*3-4,6H,1-2H3;2,5-6H,1,3H2;2*1-4,6H;2,5H,3H2,1H3;5H,1-3H2;2,5H,1,3H2/q;;;;;;;;+1/b;4-3-;;;;;;;. The topological polar surface area (TPSA) is 321 Å². The van der Waals surface area contributed by atoms with Gasteiger partial charge < -0.3 is 55.7 Å². The van der Waals surface area contributed by atoms with Gasteiger partial charge in [-0.1, -0.05) is 0 Å². The molecule has 51 heavy (non-hydrogen) atoms. The van der Waals surface area contributed by atoms with Gasteiger partial charge in [-0.25, -0.2) is 0 Å². The molecule has 0 aromatic rings. The summed E-state index contributed by atoms with van der Waals surface area (Å²) >= 11 is 0. The summed E-state index contributed by atoms with van der Waals surface area (Å²) in [5.41, 5.74) is 3.31. The zero-order chi connectivity index (χ0) is 41.8. The first-order valence-corrected chi connectivity index (χ1v) is 14.2. The fourth-order valence-corrected chi connectivity index (χ4v) is 0.957. The lowest BCUT2D eigenvalue weighted by Gasteiger charge is -2.03. The molecular weight excluding hydrogens is 678 g/mol. The van der Waals surface area contributed by atoms with Crippen molar-refractivity contribution in [2.24, 2.45) is 15.1 Å². The number of aliphatic hydroxyl groups is 7. The molecule has 0 heterocycles. The van der Waals surface area contributed by atoms with Crippen LogP contribution in [0.5, 0.6) is 0 Å². The van der Waals surface area contributed by atoms with E-state index >= 15 is 0 Å². The Labute approximate surface area is 302 Å². The number of hydroxylamine groups is 2. The molecule has 0 atom stereocenters. The molecule has 0 amide bonds. The molecule has 0 fully saturated rings. The van der Waals surface area contributed by atoms with Crippen molar-refractivity contribution in [3.05, 3.63) is 49.5 Å². The smallest absolute Gasteiger partial charge is 0.293 e. The van der Waals surface area contributed by atoms with Crippen molar-refractivity contribution < 1.29 is 61.0 Å². The highest BCUT2D eigenvalue weighted by Gasteiger charge is 1.80. The number of aliphatic imine (C=N–C) groups is 2. The summed E-state index contributed by atoms with van der Waals surface area (Å²) in [6.45, 7) is 7.91. The third-order valence-corrected chi connectivity index (χ3v) is 2.85. The molecule has 0 spiro atoms. The molecule has 21 nitrogen and oxygen atoms in total. The van der Waals surface area contributed by atoms with Crippen molar-refractivity contribution in [1.29, 1.82) is 0 Å². The van der Waals surface area contributed by atoms with Gasteiger partial charge in [-0.2, -0.15) is 0 Å². The lowest BCUT2D eigenvalue weighted by molar-refractivity contribution is -0.104. The first kappa shape index (κ1) is 68.1. The van der Waals surface area contributed by atoms with Gasteiger partial charge in [0.1, 0.15) is 19.2 Å². The average molecular weight is 745 g/mol. The summed E-state index contributed by atoms with van der Waals surface area (Å²) in [5, 5.41) is 81.6. The van der Waals surface area contributed by atoms with Crippen molar-refractivity contribution in [3.8, 4) is 0 Å². The van der Waals surface area contributed by atoms with Crippen LogP contribution >= 0.6 is 0 Å². The van der Waals surface area contributed by atoms with E-state index in [2.05, 4.69) is 33.2 Å². The van der Waals surface area contributed by atoms with Crippen LogP contribution in [-0.2, 0) is 9.59 Å². The van der Waals surface area contributed by atoms with Crippen LogP contribution in [0.15, 0.2) is 64.6 Å². The number of allylic oxidation sites excluding steroid dienone is 2. The van der Waals surface area contributed by atoms with Crippen LogP contribution in [0.4, 0.5) is 0 Å². The van der Waals surface area contributed by atoms with Crippen molar-refractivity contribution in [1.82, 2.24) is 30.3 Å². The Bertz CT molecular complexity index is 788. The number of rotatable bonds is 14. The minimum absolute atomic E-state index is 0.0104. The third-order valence-electron chi connectivity index (χ3n) is 2.85. The van der Waals surface area contributed by atoms with Crippen molar-refractivity contribution in [2.75, 3.05) is 95.5 Å². The fourth-order valence-electron chi connectivity index (χ4n) is 0.957. The average Bonchev–Trinajstić information content (AvgIpc) is 3.08. The quantitative estimate of drug-likeness (QED) is 0.0175. The van der Waals surface area contributed by atoms with Crippen LogP contribution < -0.4 is 15.6 Å². The molecule has 0 aliphatic heterocycles. The second-order valence-corrected chi connectivity index (χ2v) is 7.95. The maximum Gasteiger partial charge on any atom is 0.293 e. The number of nitrogens with zero attached hydrogens (tertiary/aromatic N) is 7. The maximum absolute atomic E-state index is 9.33. The van der Waals surface area contributed by atoms with Crippen LogP contribution in [0.3, 0.4) is 0 Å². The summed E-state index contributed by atoms with van der Waals surface area (Å²) in [5.74, 6) is 0. The predicted octanol–water partition coefficient (Wildman–Crippen LogP) is -1.94. The van der Waals surface area contributed by atoms with Crippen LogP contribution in [-0.4, -0.2) is 206 Å². The number of aldehydes is 2. The Morgan fingerprint density at radius 3 is 1.24 bits per heavy atom. The van der Waals surface area contributed by atoms with E-state index in [4.69, 9.17) is 51.4 Å². The Kier molecular flexibility index (Phi) is 121. The molecule has 0 bridgehead atoms. The van der Waals surface area contributed by atoms with E-state index < -0.39 is 0 Å². The third kappa shape index (κ3) is 230. The van der Waals surface area contributed by atoms with Crippen molar-refractivity contribution >= 4 is 44.7 Å². The summed E-state index contributed by atoms with van der Waals surface area (Å²) in [6.07, 6.45) is 15.2. The molecule has 0 rings (SSSR count). The molecule has 0 aliphatic carbocycles. The van der Waals surface area contributed by atoms with Gasteiger partial charge in [0.05, 0.1) is 38.9 Å². The van der Waals surface area contributed by atoms with Crippen LogP contribution in [0.2, 0.25) is 0 Å². The molecule has 21 heteroatoms. The van der Waals surface area contributed by atoms with E-state index in [1.165, 1.54) is 18.6 Å². The van der Waals surface area contributed by atoms with Crippen LogP contribution in [0.1, 0.15) is 6.42 Å². The largest absolute Gasteiger partial charge is 0.514 e. The summed E-state index contributed by atoms with van der Waals surface area (Å²) in [6, 6.07) is 0. The molecule has 0 aromatic carbocycles. The Morgan fingerprint density at radius 1 is 0.745 bits per heavy atom. The lowest BCUT2D eigenvalue weighted by atomic mass is 10.5. The van der Waals surface area contributed by atoms with Gasteiger partial charge in [0.2, 0.25) is 0 Å². The molecule has 12 N–H and O–H groups in total. The normalized spacial score (nSPS) is 9.00. The van der Waals surface area contributed by atoms with Gasteiger partial charge in [-0.15, -0.1) is 9.82 Å². The predicted molar refractivity (Wildman–Crippen MR) is 204 cm³/mol. The second kappa shape index (κ2) is 90.7. The summed E-state index contributed by atoms with van der Waals surface area (Å²) in [7, 11) is 12.8. The number of hydrogen-bond donors (Lipinski definition) is 12. The SMILES string of the molecule is C=NCCO.C=[N+]=CCO.CN(C)/C=C\O.CN(C)C=CO.CN(C)CCO.CN=CCO.O=CC=CNO.O=CC=CNO.OCCC=NO. The van der Waals surface area contributed by atoms with E-state index in [1.54, 1.807) is 40.2 Å². The zero-order valence-electron chi connectivity index (χ0n) is 31.0. The highest BCUT2D eigenvalue weighted by atomic mass is 16.5. The van der Waals surface area contributed by atoms with Gasteiger partial charge in [0, 0.05) is 92.0 Å². The fraction of sp³-hybridized carbons (Fsp3) is 0.500. The minimum atomic E-state index is -0.0104. The van der Waals surface area contributed by atoms with Gasteiger partial charge in [-0.3, -0.25) is 40.9 Å². The number of nitrogens with one attached hydrogen (secondary N) is 2. The second-order valence-electron chi connectivity index (χ2n) is 7.95. The number of carbonyl (C=O) groups excluding carboxylic acids is 2. The van der Waals surface area contributed by atoms with E-state index in [0.29, 0.717) is 25.5 Å². The molecule has 0 unspecified atom stereocenters. The Balaban J connectivity index is -0.0000000557. The first-order valence-electron chi connectivity index (χ1n) is 14.2. The number of likely N-dealkylation sites (N-methyl/N-ethyl adjacent to an activating group) is 1. The van der Waals surface area contributed by atoms with Gasteiger partial charge in [0.25, 0.3) is 12.9 Å². The molecule has 0 aliphatic rings. The molecule has 302 valence electrons. The molecule has 0 radical (unpaired) electrons. The van der Waals surface area contributed by atoms with E-state index in [9.17, 15) is 9.59 Å². The Hall–Kier alpha value is -4.96. The number of oxime groups is 1. The molecule has 0 aromatic heterocycles. The van der Waals surface area contributed by atoms with E-state index in [-0.39, 0.29) is 33.0 Å². The maximum atomic E-state index is 9.33. The zero-order valence-corrected chi connectivity index (χ0v) is 31.0. The lowest BCUT2D eigenvalue weighted by Crippen LogP contribution is -2.15. The van der Waals surface area contributed by atoms with Gasteiger partial charge in [0.15, 0.2) is 0 Å². The summed E-state index contributed by atoms with van der Waals surface area (Å²) < 4.78 is 3.23. The van der Waals surface area contributed by atoms with E-state index in [1.807, 2.05) is 47.2 Å². The number of hydrogen-bond acceptors (Lipinski definition) is 20. The highest BCUT2D eigenvalue weighted by molar-refractivity contribution is 5.64. The van der Waals surface area contributed by atoms with Crippen LogP contribution in [0.25, 0.3) is 0 Å². The van der Waals surface area contributed by atoms with Gasteiger partial charge in [-0.05, 0) is 33.0 Å². The van der Waals surface area contributed by atoms with Crippen molar-refractivity contribution in [3.63, 3.8) is 0 Å². The van der Waals surface area contributed by atoms with Gasteiger partial charge >= 0.3 is 0 Å². The summed E-state index contributed by atoms with van der Waals surface area (Å²) in [4.78, 5) is 30.9.